The number of rotatable bonds is 5. The van der Waals surface area contributed by atoms with Gasteiger partial charge in [0.25, 0.3) is 0 Å². The highest BCUT2D eigenvalue weighted by Crippen LogP contribution is 2.29. The summed E-state index contributed by atoms with van der Waals surface area (Å²) in [6.07, 6.45) is 5.56. The molecule has 5 heteroatoms. The van der Waals surface area contributed by atoms with Gasteiger partial charge in [-0.25, -0.2) is 4.79 Å². The summed E-state index contributed by atoms with van der Waals surface area (Å²) in [6, 6.07) is 11.0. The highest BCUT2D eigenvalue weighted by molar-refractivity contribution is 5.95. The number of pyridine rings is 1. The summed E-state index contributed by atoms with van der Waals surface area (Å²) in [7, 11) is 0. The number of nitrogens with one attached hydrogen (secondary N) is 1. The molecule has 0 spiro atoms. The third-order valence-electron chi connectivity index (χ3n) is 3.89. The summed E-state index contributed by atoms with van der Waals surface area (Å²) in [5.41, 5.74) is 2.40. The van der Waals surface area contributed by atoms with Crippen LogP contribution in [0.4, 0.5) is 10.5 Å². The Morgan fingerprint density at radius 1 is 1.13 bits per heavy atom. The Morgan fingerprint density at radius 2 is 1.78 bits per heavy atom. The van der Waals surface area contributed by atoms with Gasteiger partial charge in [0, 0.05) is 36.2 Å². The first kappa shape index (κ1) is 15.2. The maximum atomic E-state index is 12.5. The molecule has 0 unspecified atom stereocenters. The Hall–Kier alpha value is -2.69. The minimum absolute atomic E-state index is 0.0140. The number of urea groups is 1. The van der Waals surface area contributed by atoms with E-state index in [9.17, 15) is 9.59 Å². The minimum atomic E-state index is -0.111. The molecule has 1 saturated carbocycles. The van der Waals surface area contributed by atoms with Crippen molar-refractivity contribution in [3.63, 3.8) is 0 Å². The minimum Gasteiger partial charge on any atom is -0.317 e. The van der Waals surface area contributed by atoms with E-state index in [1.54, 1.807) is 36.7 Å². The number of amides is 2. The van der Waals surface area contributed by atoms with E-state index >= 15 is 0 Å². The van der Waals surface area contributed by atoms with Crippen LogP contribution in [0.1, 0.15) is 35.7 Å². The standard InChI is InChI=1S/C18H19N3O2/c1-13(22)15-2-4-16(5-3-15)20-18(23)21(17-6-7-17)12-14-8-10-19-11-9-14/h2-5,8-11,17H,6-7,12H2,1H3,(H,20,23). The first-order valence-corrected chi connectivity index (χ1v) is 7.71. The predicted molar refractivity (Wildman–Crippen MR) is 88.3 cm³/mol. The maximum Gasteiger partial charge on any atom is 0.322 e. The second kappa shape index (κ2) is 6.60. The Bertz CT molecular complexity index is 694. The fraction of sp³-hybridized carbons (Fsp3) is 0.278. The van der Waals surface area contributed by atoms with Gasteiger partial charge in [-0.1, -0.05) is 0 Å². The molecule has 0 bridgehead atoms. The molecular weight excluding hydrogens is 290 g/mol. The number of aromatic nitrogens is 1. The van der Waals surface area contributed by atoms with Crippen molar-refractivity contribution < 1.29 is 9.59 Å². The van der Waals surface area contributed by atoms with Crippen LogP contribution in [-0.4, -0.2) is 27.7 Å². The van der Waals surface area contributed by atoms with Crippen molar-refractivity contribution in [2.75, 3.05) is 5.32 Å². The molecule has 1 heterocycles. The number of nitrogens with zero attached hydrogens (tertiary/aromatic N) is 2. The van der Waals surface area contributed by atoms with Gasteiger partial charge >= 0.3 is 6.03 Å². The molecule has 3 rings (SSSR count). The number of ketones is 1. The number of carbonyl (C=O) groups excluding carboxylic acids is 2. The largest absolute Gasteiger partial charge is 0.322 e. The van der Waals surface area contributed by atoms with Crippen LogP contribution in [0.5, 0.6) is 0 Å². The van der Waals surface area contributed by atoms with Gasteiger partial charge in [0.15, 0.2) is 5.78 Å². The zero-order chi connectivity index (χ0) is 16.2. The maximum absolute atomic E-state index is 12.5. The van der Waals surface area contributed by atoms with Crippen LogP contribution < -0.4 is 5.32 Å². The van der Waals surface area contributed by atoms with E-state index in [-0.39, 0.29) is 11.8 Å². The van der Waals surface area contributed by atoms with E-state index in [1.807, 2.05) is 17.0 Å². The first-order valence-electron chi connectivity index (χ1n) is 7.71. The third-order valence-corrected chi connectivity index (χ3v) is 3.89. The molecule has 1 aliphatic carbocycles. The first-order chi connectivity index (χ1) is 11.1. The molecule has 1 aromatic heterocycles. The van der Waals surface area contributed by atoms with Gasteiger partial charge in [0.1, 0.15) is 0 Å². The van der Waals surface area contributed by atoms with Crippen LogP contribution >= 0.6 is 0 Å². The van der Waals surface area contributed by atoms with Crippen molar-refractivity contribution in [1.29, 1.82) is 0 Å². The molecular formula is C18H19N3O2. The highest BCUT2D eigenvalue weighted by Gasteiger charge is 2.32. The monoisotopic (exact) mass is 309 g/mol. The number of hydrogen-bond acceptors (Lipinski definition) is 3. The molecule has 0 atom stereocenters. The molecule has 0 aliphatic heterocycles. The van der Waals surface area contributed by atoms with Crippen LogP contribution in [0, 0.1) is 0 Å². The van der Waals surface area contributed by atoms with Gasteiger partial charge in [-0.3, -0.25) is 9.78 Å². The topological polar surface area (TPSA) is 62.3 Å². The normalized spacial score (nSPS) is 13.4. The van der Waals surface area contributed by atoms with Crippen molar-refractivity contribution in [2.45, 2.75) is 32.4 Å². The van der Waals surface area contributed by atoms with Gasteiger partial charge in [-0.2, -0.15) is 0 Å². The Balaban J connectivity index is 1.68. The van der Waals surface area contributed by atoms with E-state index in [0.717, 1.165) is 18.4 Å². The lowest BCUT2D eigenvalue weighted by Crippen LogP contribution is -2.36. The highest BCUT2D eigenvalue weighted by atomic mass is 16.2. The van der Waals surface area contributed by atoms with Gasteiger partial charge < -0.3 is 10.2 Å². The molecule has 118 valence electrons. The van der Waals surface area contributed by atoms with Crippen molar-refractivity contribution in [3.05, 3.63) is 59.9 Å². The summed E-state index contributed by atoms with van der Waals surface area (Å²) in [5.74, 6) is 0.0140. The molecule has 0 radical (unpaired) electrons. The summed E-state index contributed by atoms with van der Waals surface area (Å²) < 4.78 is 0. The summed E-state index contributed by atoms with van der Waals surface area (Å²) >= 11 is 0. The van der Waals surface area contributed by atoms with Crippen molar-refractivity contribution in [1.82, 2.24) is 9.88 Å². The second-order valence-corrected chi connectivity index (χ2v) is 5.78. The van der Waals surface area contributed by atoms with Gasteiger partial charge in [-0.05, 0) is 61.7 Å². The average Bonchev–Trinajstić information content (AvgIpc) is 3.39. The smallest absolute Gasteiger partial charge is 0.317 e. The number of carbonyl (C=O) groups is 2. The Morgan fingerprint density at radius 3 is 2.35 bits per heavy atom. The van der Waals surface area contributed by atoms with Crippen molar-refractivity contribution in [2.24, 2.45) is 0 Å². The molecule has 2 aromatic rings. The fourth-order valence-corrected chi connectivity index (χ4v) is 2.42. The molecule has 0 saturated heterocycles. The summed E-state index contributed by atoms with van der Waals surface area (Å²) in [6.45, 7) is 2.10. The molecule has 1 aromatic carbocycles. The SMILES string of the molecule is CC(=O)c1ccc(NC(=O)N(Cc2ccncc2)C2CC2)cc1. The number of anilines is 1. The van der Waals surface area contributed by atoms with Crippen LogP contribution in [0.2, 0.25) is 0 Å². The molecule has 1 fully saturated rings. The molecule has 1 aliphatic rings. The van der Waals surface area contributed by atoms with E-state index in [4.69, 9.17) is 0 Å². The van der Waals surface area contributed by atoms with Crippen LogP contribution in [0.15, 0.2) is 48.8 Å². The van der Waals surface area contributed by atoms with Crippen LogP contribution in [0.3, 0.4) is 0 Å². The second-order valence-electron chi connectivity index (χ2n) is 5.78. The van der Waals surface area contributed by atoms with Crippen molar-refractivity contribution in [3.8, 4) is 0 Å². The zero-order valence-corrected chi connectivity index (χ0v) is 13.0. The lowest BCUT2D eigenvalue weighted by atomic mass is 10.1. The fourth-order valence-electron chi connectivity index (χ4n) is 2.42. The Kier molecular flexibility index (Phi) is 4.37. The number of Topliss-reactive ketones (excluding diaryl/α,β-unsaturated/α-hetero) is 1. The van der Waals surface area contributed by atoms with E-state index in [0.29, 0.717) is 23.8 Å². The van der Waals surface area contributed by atoms with Gasteiger partial charge in [0.2, 0.25) is 0 Å². The number of benzene rings is 1. The van der Waals surface area contributed by atoms with E-state index in [2.05, 4.69) is 10.3 Å². The number of hydrogen-bond donors (Lipinski definition) is 1. The average molecular weight is 309 g/mol. The van der Waals surface area contributed by atoms with Crippen molar-refractivity contribution >= 4 is 17.5 Å². The van der Waals surface area contributed by atoms with E-state index in [1.165, 1.54) is 6.92 Å². The molecule has 1 N–H and O–H groups in total. The Labute approximate surface area is 135 Å². The lowest BCUT2D eigenvalue weighted by Gasteiger charge is -2.23. The van der Waals surface area contributed by atoms with Gasteiger partial charge in [0.05, 0.1) is 0 Å². The molecule has 5 nitrogen and oxygen atoms in total. The quantitative estimate of drug-likeness (QED) is 0.860. The zero-order valence-electron chi connectivity index (χ0n) is 13.0. The lowest BCUT2D eigenvalue weighted by molar-refractivity contribution is 0.101. The van der Waals surface area contributed by atoms with Crippen LogP contribution in [-0.2, 0) is 6.54 Å². The summed E-state index contributed by atoms with van der Waals surface area (Å²) in [5, 5.41) is 2.91. The van der Waals surface area contributed by atoms with Gasteiger partial charge in [-0.15, -0.1) is 0 Å². The van der Waals surface area contributed by atoms with E-state index < -0.39 is 0 Å². The predicted octanol–water partition coefficient (Wildman–Crippen LogP) is 3.48. The van der Waals surface area contributed by atoms with Crippen LogP contribution in [0.25, 0.3) is 0 Å². The molecule has 23 heavy (non-hydrogen) atoms. The third kappa shape index (κ3) is 3.94. The summed E-state index contributed by atoms with van der Waals surface area (Å²) in [4.78, 5) is 29.7. The molecule has 2 amide bonds.